The molecule has 0 atom stereocenters. The number of aromatic nitrogens is 4. The molecule has 0 aromatic carbocycles. The van der Waals surface area contributed by atoms with Crippen LogP contribution < -0.4 is 10.6 Å². The standard InChI is InChI=1S/C18H22N6O3/c1-4-23-11-15(21-17(25)14-10-20-24(5-2)12(14)3)16(22-23)18(26)19-9-13-7-6-8-27-13/h6-8,10-11H,4-5,9H2,1-3H3,(H,19,26)(H,21,25). The summed E-state index contributed by atoms with van der Waals surface area (Å²) in [6, 6.07) is 3.51. The third kappa shape index (κ3) is 3.91. The van der Waals surface area contributed by atoms with Crippen LogP contribution in [-0.4, -0.2) is 31.4 Å². The van der Waals surface area contributed by atoms with Crippen LogP contribution >= 0.6 is 0 Å². The molecule has 0 aliphatic rings. The molecular formula is C18H22N6O3. The van der Waals surface area contributed by atoms with Crippen molar-refractivity contribution in [2.45, 2.75) is 40.4 Å². The zero-order valence-electron chi connectivity index (χ0n) is 15.5. The molecule has 2 N–H and O–H groups in total. The van der Waals surface area contributed by atoms with Crippen LogP contribution in [0, 0.1) is 6.92 Å². The molecule has 3 aromatic rings. The lowest BCUT2D eigenvalue weighted by atomic mass is 10.2. The van der Waals surface area contributed by atoms with Crippen LogP contribution in [0.25, 0.3) is 0 Å². The van der Waals surface area contributed by atoms with Gasteiger partial charge < -0.3 is 15.1 Å². The molecule has 3 rings (SSSR count). The predicted molar refractivity (Wildman–Crippen MR) is 98.4 cm³/mol. The number of amides is 2. The number of nitrogens with one attached hydrogen (secondary N) is 2. The fraction of sp³-hybridized carbons (Fsp3) is 0.333. The van der Waals surface area contributed by atoms with Crippen LogP contribution in [0.3, 0.4) is 0 Å². The topological polar surface area (TPSA) is 107 Å². The van der Waals surface area contributed by atoms with Crippen molar-refractivity contribution in [3.63, 3.8) is 0 Å². The van der Waals surface area contributed by atoms with Crippen molar-refractivity contribution in [1.29, 1.82) is 0 Å². The van der Waals surface area contributed by atoms with Crippen molar-refractivity contribution in [2.24, 2.45) is 0 Å². The van der Waals surface area contributed by atoms with Crippen LogP contribution in [-0.2, 0) is 19.6 Å². The Morgan fingerprint density at radius 3 is 2.67 bits per heavy atom. The van der Waals surface area contributed by atoms with E-state index in [1.807, 2.05) is 20.8 Å². The van der Waals surface area contributed by atoms with E-state index in [1.54, 1.807) is 27.7 Å². The van der Waals surface area contributed by atoms with E-state index in [2.05, 4.69) is 20.8 Å². The monoisotopic (exact) mass is 370 g/mol. The number of carbonyl (C=O) groups is 2. The lowest BCUT2D eigenvalue weighted by Crippen LogP contribution is -2.25. The minimum atomic E-state index is -0.394. The van der Waals surface area contributed by atoms with Gasteiger partial charge in [0.1, 0.15) is 5.76 Å². The van der Waals surface area contributed by atoms with Gasteiger partial charge in [-0.2, -0.15) is 10.2 Å². The summed E-state index contributed by atoms with van der Waals surface area (Å²) in [6.45, 7) is 7.17. The number of aryl methyl sites for hydroxylation is 2. The van der Waals surface area contributed by atoms with Crippen LogP contribution in [0.1, 0.15) is 46.1 Å². The number of carbonyl (C=O) groups excluding carboxylic acids is 2. The first-order valence-electron chi connectivity index (χ1n) is 8.75. The Hall–Kier alpha value is -3.36. The van der Waals surface area contributed by atoms with Gasteiger partial charge in [-0.3, -0.25) is 19.0 Å². The minimum Gasteiger partial charge on any atom is -0.467 e. The zero-order valence-corrected chi connectivity index (χ0v) is 15.5. The van der Waals surface area contributed by atoms with Gasteiger partial charge in [-0.15, -0.1) is 0 Å². The smallest absolute Gasteiger partial charge is 0.274 e. The second kappa shape index (κ2) is 7.90. The molecule has 0 aliphatic carbocycles. The SMILES string of the molecule is CCn1cc(NC(=O)c2cnn(CC)c2C)c(C(=O)NCc2ccco2)n1. The first kappa shape index (κ1) is 18.4. The fourth-order valence-corrected chi connectivity index (χ4v) is 2.68. The van der Waals surface area contributed by atoms with E-state index in [4.69, 9.17) is 4.42 Å². The second-order valence-corrected chi connectivity index (χ2v) is 5.92. The van der Waals surface area contributed by atoms with Gasteiger partial charge in [0.15, 0.2) is 5.69 Å². The van der Waals surface area contributed by atoms with E-state index in [0.717, 1.165) is 5.69 Å². The quantitative estimate of drug-likeness (QED) is 0.663. The highest BCUT2D eigenvalue weighted by Gasteiger charge is 2.21. The average molecular weight is 370 g/mol. The van der Waals surface area contributed by atoms with Crippen molar-refractivity contribution >= 4 is 17.5 Å². The Bertz CT molecular complexity index is 939. The number of anilines is 1. The Labute approximate surface area is 156 Å². The van der Waals surface area contributed by atoms with Gasteiger partial charge >= 0.3 is 0 Å². The predicted octanol–water partition coefficient (Wildman–Crippen LogP) is 2.20. The maximum atomic E-state index is 12.6. The summed E-state index contributed by atoms with van der Waals surface area (Å²) in [5.74, 6) is -0.0933. The number of nitrogens with zero attached hydrogens (tertiary/aromatic N) is 4. The minimum absolute atomic E-state index is 0.150. The van der Waals surface area contributed by atoms with E-state index in [1.165, 1.54) is 12.5 Å². The molecule has 0 radical (unpaired) electrons. The molecule has 27 heavy (non-hydrogen) atoms. The number of hydrogen-bond donors (Lipinski definition) is 2. The van der Waals surface area contributed by atoms with Crippen LogP contribution in [0.4, 0.5) is 5.69 Å². The third-order valence-electron chi connectivity index (χ3n) is 4.20. The van der Waals surface area contributed by atoms with E-state index in [0.29, 0.717) is 30.1 Å². The fourth-order valence-electron chi connectivity index (χ4n) is 2.68. The molecule has 9 heteroatoms. The number of hydrogen-bond acceptors (Lipinski definition) is 5. The van der Waals surface area contributed by atoms with Crippen molar-refractivity contribution in [3.05, 3.63) is 53.5 Å². The third-order valence-corrected chi connectivity index (χ3v) is 4.20. The molecule has 0 saturated heterocycles. The second-order valence-electron chi connectivity index (χ2n) is 5.92. The summed E-state index contributed by atoms with van der Waals surface area (Å²) in [7, 11) is 0. The van der Waals surface area contributed by atoms with Gasteiger partial charge in [0.05, 0.1) is 30.3 Å². The van der Waals surface area contributed by atoms with E-state index < -0.39 is 5.91 Å². The van der Waals surface area contributed by atoms with Gasteiger partial charge in [-0.05, 0) is 32.9 Å². The number of rotatable bonds is 7. The first-order chi connectivity index (χ1) is 13.0. The Balaban J connectivity index is 1.78. The van der Waals surface area contributed by atoms with Crippen molar-refractivity contribution in [2.75, 3.05) is 5.32 Å². The molecule has 0 fully saturated rings. The molecule has 142 valence electrons. The molecule has 9 nitrogen and oxygen atoms in total. The van der Waals surface area contributed by atoms with Crippen molar-refractivity contribution in [1.82, 2.24) is 24.9 Å². The van der Waals surface area contributed by atoms with E-state index in [9.17, 15) is 9.59 Å². The molecule has 0 bridgehead atoms. The summed E-state index contributed by atoms with van der Waals surface area (Å²) in [5.41, 5.74) is 1.73. The molecule has 3 heterocycles. The molecule has 3 aromatic heterocycles. The summed E-state index contributed by atoms with van der Waals surface area (Å²) < 4.78 is 8.54. The maximum absolute atomic E-state index is 12.6. The van der Waals surface area contributed by atoms with E-state index in [-0.39, 0.29) is 18.1 Å². The normalized spacial score (nSPS) is 10.8. The van der Waals surface area contributed by atoms with Crippen molar-refractivity contribution in [3.8, 4) is 0 Å². The summed E-state index contributed by atoms with van der Waals surface area (Å²) in [6.07, 6.45) is 4.70. The molecular weight excluding hydrogens is 348 g/mol. The molecule has 0 saturated carbocycles. The van der Waals surface area contributed by atoms with Gasteiger partial charge in [0.25, 0.3) is 11.8 Å². The molecule has 0 unspecified atom stereocenters. The molecule has 2 amide bonds. The van der Waals surface area contributed by atoms with Crippen LogP contribution in [0.2, 0.25) is 0 Å². The number of furan rings is 1. The van der Waals surface area contributed by atoms with Gasteiger partial charge in [-0.25, -0.2) is 0 Å². The highest BCUT2D eigenvalue weighted by molar-refractivity contribution is 6.08. The Morgan fingerprint density at radius 2 is 2.04 bits per heavy atom. The van der Waals surface area contributed by atoms with Crippen molar-refractivity contribution < 1.29 is 14.0 Å². The maximum Gasteiger partial charge on any atom is 0.274 e. The first-order valence-corrected chi connectivity index (χ1v) is 8.75. The highest BCUT2D eigenvalue weighted by atomic mass is 16.3. The molecule has 0 spiro atoms. The van der Waals surface area contributed by atoms with Crippen LogP contribution in [0.15, 0.2) is 35.2 Å². The Kier molecular flexibility index (Phi) is 5.39. The average Bonchev–Trinajstić information content (AvgIpc) is 3.39. The highest BCUT2D eigenvalue weighted by Crippen LogP contribution is 2.17. The summed E-state index contributed by atoms with van der Waals surface area (Å²) in [4.78, 5) is 25.2. The lowest BCUT2D eigenvalue weighted by Gasteiger charge is -2.06. The largest absolute Gasteiger partial charge is 0.467 e. The lowest BCUT2D eigenvalue weighted by molar-refractivity contribution is 0.0943. The van der Waals surface area contributed by atoms with Gasteiger partial charge in [0.2, 0.25) is 0 Å². The summed E-state index contributed by atoms with van der Waals surface area (Å²) in [5, 5.41) is 14.0. The van der Waals surface area contributed by atoms with Gasteiger partial charge in [-0.1, -0.05) is 0 Å². The zero-order chi connectivity index (χ0) is 19.4. The summed E-state index contributed by atoms with van der Waals surface area (Å²) >= 11 is 0. The molecule has 0 aliphatic heterocycles. The Morgan fingerprint density at radius 1 is 1.22 bits per heavy atom. The van der Waals surface area contributed by atoms with Gasteiger partial charge in [0, 0.05) is 25.0 Å². The van der Waals surface area contributed by atoms with E-state index >= 15 is 0 Å². The van der Waals surface area contributed by atoms with Crippen LogP contribution in [0.5, 0.6) is 0 Å².